The highest BCUT2D eigenvalue weighted by Crippen LogP contribution is 2.31. The third-order valence-electron chi connectivity index (χ3n) is 3.96. The van der Waals surface area contributed by atoms with Crippen LogP contribution in [0.5, 0.6) is 0 Å². The van der Waals surface area contributed by atoms with Crippen molar-refractivity contribution in [3.8, 4) is 11.5 Å². The van der Waals surface area contributed by atoms with Crippen LogP contribution >= 0.6 is 23.1 Å². The van der Waals surface area contributed by atoms with Crippen molar-refractivity contribution in [1.82, 2.24) is 15.2 Å². The highest BCUT2D eigenvalue weighted by molar-refractivity contribution is 8.00. The maximum Gasteiger partial charge on any atom is 0.226 e. The summed E-state index contributed by atoms with van der Waals surface area (Å²) in [5.41, 5.74) is 4.21. The summed E-state index contributed by atoms with van der Waals surface area (Å²) in [5, 5.41) is 12.7. The Bertz CT molecular complexity index is 1010. The van der Waals surface area contributed by atoms with Gasteiger partial charge in [0.1, 0.15) is 6.26 Å². The molecule has 2 aromatic heterocycles. The molecular formula is C20H18N4OS2. The molecule has 0 spiro atoms. The number of oxazole rings is 1. The van der Waals surface area contributed by atoms with Crippen molar-refractivity contribution < 1.29 is 4.42 Å². The lowest BCUT2D eigenvalue weighted by atomic mass is 10.1. The maximum absolute atomic E-state index is 5.58. The predicted octanol–water partition coefficient (Wildman–Crippen LogP) is 5.79. The van der Waals surface area contributed by atoms with E-state index in [9.17, 15) is 0 Å². The van der Waals surface area contributed by atoms with Gasteiger partial charge in [-0.2, -0.15) is 0 Å². The molecule has 0 aliphatic heterocycles. The minimum atomic E-state index is 0.641. The van der Waals surface area contributed by atoms with Crippen molar-refractivity contribution in [1.29, 1.82) is 0 Å². The summed E-state index contributed by atoms with van der Waals surface area (Å²) < 4.78 is 6.48. The number of hydrogen-bond donors (Lipinski definition) is 1. The largest absolute Gasteiger partial charge is 0.444 e. The lowest BCUT2D eigenvalue weighted by Crippen LogP contribution is -1.94. The van der Waals surface area contributed by atoms with Gasteiger partial charge in [0.25, 0.3) is 0 Å². The average molecular weight is 395 g/mol. The molecule has 0 atom stereocenters. The molecule has 0 bridgehead atoms. The summed E-state index contributed by atoms with van der Waals surface area (Å²) in [4.78, 5) is 4.55. The van der Waals surface area contributed by atoms with Gasteiger partial charge in [0.2, 0.25) is 11.0 Å². The summed E-state index contributed by atoms with van der Waals surface area (Å²) in [7, 11) is 0. The predicted molar refractivity (Wildman–Crippen MR) is 111 cm³/mol. The number of benzene rings is 2. The van der Waals surface area contributed by atoms with E-state index in [1.165, 1.54) is 5.56 Å². The highest BCUT2D eigenvalue weighted by Gasteiger charge is 2.10. The molecule has 4 rings (SSSR count). The zero-order valence-electron chi connectivity index (χ0n) is 14.8. The molecule has 7 heteroatoms. The van der Waals surface area contributed by atoms with E-state index >= 15 is 0 Å². The van der Waals surface area contributed by atoms with Crippen LogP contribution in [-0.4, -0.2) is 15.2 Å². The Labute approximate surface area is 165 Å². The van der Waals surface area contributed by atoms with Crippen LogP contribution in [0.2, 0.25) is 0 Å². The molecule has 5 nitrogen and oxygen atoms in total. The van der Waals surface area contributed by atoms with Crippen LogP contribution in [0.1, 0.15) is 18.2 Å². The van der Waals surface area contributed by atoms with Crippen LogP contribution in [0.25, 0.3) is 11.5 Å². The van der Waals surface area contributed by atoms with Crippen molar-refractivity contribution in [3.05, 3.63) is 72.1 Å². The second-order valence-corrected chi connectivity index (χ2v) is 8.01. The van der Waals surface area contributed by atoms with Crippen LogP contribution in [0.15, 0.2) is 69.6 Å². The van der Waals surface area contributed by atoms with E-state index in [0.717, 1.165) is 32.8 Å². The normalized spacial score (nSPS) is 10.9. The lowest BCUT2D eigenvalue weighted by Gasteiger charge is -2.06. The van der Waals surface area contributed by atoms with Crippen LogP contribution < -0.4 is 5.32 Å². The van der Waals surface area contributed by atoms with Crippen LogP contribution in [0.3, 0.4) is 0 Å². The first-order valence-corrected chi connectivity index (χ1v) is 10.4. The molecule has 0 aliphatic carbocycles. The van der Waals surface area contributed by atoms with Gasteiger partial charge in [-0.05, 0) is 30.2 Å². The minimum absolute atomic E-state index is 0.641. The first-order valence-electron chi connectivity index (χ1n) is 8.63. The van der Waals surface area contributed by atoms with E-state index < -0.39 is 0 Å². The number of para-hydroxylation sites is 1. The molecular weight excluding hydrogens is 376 g/mol. The van der Waals surface area contributed by atoms with Gasteiger partial charge < -0.3 is 9.73 Å². The van der Waals surface area contributed by atoms with Gasteiger partial charge in [0.05, 0.1) is 5.69 Å². The molecule has 2 heterocycles. The number of nitrogens with one attached hydrogen (secondary N) is 1. The van der Waals surface area contributed by atoms with Gasteiger partial charge in [-0.3, -0.25) is 0 Å². The fourth-order valence-corrected chi connectivity index (χ4v) is 4.25. The second kappa shape index (κ2) is 8.37. The number of rotatable bonds is 7. The standard InChI is InChI=1S/C20H18N4OS2/c1-2-14-8-6-7-11-17(14)22-19-23-24-20(27-19)26-13-16-12-25-18(21-16)15-9-4-3-5-10-15/h3-12H,2,13H2,1H3,(H,22,23). The van der Waals surface area contributed by atoms with Crippen LogP contribution in [0, 0.1) is 0 Å². The Hall–Kier alpha value is -2.64. The van der Waals surface area contributed by atoms with Gasteiger partial charge in [0.15, 0.2) is 4.34 Å². The Morgan fingerprint density at radius 1 is 1.04 bits per heavy atom. The SMILES string of the molecule is CCc1ccccc1Nc1nnc(SCc2coc(-c3ccccc3)n2)s1. The van der Waals surface area contributed by atoms with E-state index in [0.29, 0.717) is 11.6 Å². The van der Waals surface area contributed by atoms with Crippen molar-refractivity contribution in [2.75, 3.05) is 5.32 Å². The molecule has 0 unspecified atom stereocenters. The summed E-state index contributed by atoms with van der Waals surface area (Å²) in [6, 6.07) is 18.1. The molecule has 0 aliphatic rings. The highest BCUT2D eigenvalue weighted by atomic mass is 32.2. The monoisotopic (exact) mass is 394 g/mol. The first-order chi connectivity index (χ1) is 13.3. The Morgan fingerprint density at radius 2 is 1.85 bits per heavy atom. The molecule has 4 aromatic rings. The molecule has 1 N–H and O–H groups in total. The molecule has 0 fully saturated rings. The summed E-state index contributed by atoms with van der Waals surface area (Å²) >= 11 is 3.15. The Morgan fingerprint density at radius 3 is 2.70 bits per heavy atom. The molecule has 0 saturated heterocycles. The number of hydrogen-bond acceptors (Lipinski definition) is 7. The summed E-state index contributed by atoms with van der Waals surface area (Å²) in [6.45, 7) is 2.14. The van der Waals surface area contributed by atoms with E-state index in [-0.39, 0.29) is 0 Å². The first kappa shape index (κ1) is 17.8. The summed E-state index contributed by atoms with van der Waals surface area (Å²) in [5.74, 6) is 1.33. The second-order valence-electron chi connectivity index (χ2n) is 5.81. The molecule has 0 amide bonds. The smallest absolute Gasteiger partial charge is 0.226 e. The average Bonchev–Trinajstić information content (AvgIpc) is 3.37. The van der Waals surface area contributed by atoms with E-state index in [1.807, 2.05) is 42.5 Å². The van der Waals surface area contributed by atoms with Gasteiger partial charge in [0, 0.05) is 17.0 Å². The Balaban J connectivity index is 1.38. The van der Waals surface area contributed by atoms with Gasteiger partial charge in [-0.25, -0.2) is 4.98 Å². The van der Waals surface area contributed by atoms with Crippen LogP contribution in [-0.2, 0) is 12.2 Å². The maximum atomic E-state index is 5.58. The molecule has 2 aromatic carbocycles. The summed E-state index contributed by atoms with van der Waals surface area (Å²) in [6.07, 6.45) is 2.67. The number of thioether (sulfide) groups is 1. The molecule has 0 saturated carbocycles. The van der Waals surface area contributed by atoms with E-state index in [1.54, 1.807) is 29.4 Å². The number of nitrogens with zero attached hydrogens (tertiary/aromatic N) is 3. The minimum Gasteiger partial charge on any atom is -0.444 e. The third-order valence-corrected chi connectivity index (χ3v) is 5.97. The molecule has 0 radical (unpaired) electrons. The topological polar surface area (TPSA) is 63.8 Å². The van der Waals surface area contributed by atoms with Gasteiger partial charge in [-0.1, -0.05) is 66.4 Å². The van der Waals surface area contributed by atoms with Crippen molar-refractivity contribution >= 4 is 33.9 Å². The fraction of sp³-hybridized carbons (Fsp3) is 0.150. The lowest BCUT2D eigenvalue weighted by molar-refractivity contribution is 0.573. The van der Waals surface area contributed by atoms with Crippen molar-refractivity contribution in [3.63, 3.8) is 0 Å². The molecule has 27 heavy (non-hydrogen) atoms. The Kier molecular flexibility index (Phi) is 5.50. The van der Waals surface area contributed by atoms with Crippen molar-refractivity contribution in [2.24, 2.45) is 0 Å². The van der Waals surface area contributed by atoms with E-state index in [4.69, 9.17) is 4.42 Å². The van der Waals surface area contributed by atoms with Crippen molar-refractivity contribution in [2.45, 2.75) is 23.4 Å². The van der Waals surface area contributed by atoms with Gasteiger partial charge in [-0.15, -0.1) is 10.2 Å². The quantitative estimate of drug-likeness (QED) is 0.400. The number of aromatic nitrogens is 3. The zero-order chi connectivity index (χ0) is 18.5. The van der Waals surface area contributed by atoms with E-state index in [2.05, 4.69) is 39.6 Å². The van der Waals surface area contributed by atoms with Crippen LogP contribution in [0.4, 0.5) is 10.8 Å². The third kappa shape index (κ3) is 4.37. The zero-order valence-corrected chi connectivity index (χ0v) is 16.4. The van der Waals surface area contributed by atoms with Gasteiger partial charge >= 0.3 is 0 Å². The number of anilines is 2. The fourth-order valence-electron chi connectivity index (χ4n) is 2.61. The molecule has 136 valence electrons. The number of aryl methyl sites for hydroxylation is 1.